The molecule has 1 aliphatic rings. The Morgan fingerprint density at radius 3 is 2.89 bits per heavy atom. The third-order valence-corrected chi connectivity index (χ3v) is 3.83. The second kappa shape index (κ2) is 5.33. The van der Waals surface area contributed by atoms with Crippen molar-refractivity contribution in [1.29, 1.82) is 0 Å². The molecule has 2 aromatic rings. The molecule has 0 saturated carbocycles. The van der Waals surface area contributed by atoms with Crippen molar-refractivity contribution in [3.8, 4) is 0 Å². The van der Waals surface area contributed by atoms with Gasteiger partial charge in [0, 0.05) is 23.6 Å². The second-order valence-electron chi connectivity index (χ2n) is 5.33. The molecule has 4 heteroatoms. The van der Waals surface area contributed by atoms with Gasteiger partial charge in [-0.2, -0.15) is 0 Å². The van der Waals surface area contributed by atoms with Crippen LogP contribution in [0.4, 0.5) is 0 Å². The smallest absolute Gasteiger partial charge is 0.0639 e. The summed E-state index contributed by atoms with van der Waals surface area (Å²) in [7, 11) is 4.26. The maximum absolute atomic E-state index is 5.62. The first-order valence-corrected chi connectivity index (χ1v) is 6.81. The van der Waals surface area contributed by atoms with E-state index in [9.17, 15) is 0 Å². The van der Waals surface area contributed by atoms with Crippen LogP contribution >= 0.6 is 0 Å². The van der Waals surface area contributed by atoms with Crippen LogP contribution in [0.15, 0.2) is 30.5 Å². The zero-order valence-corrected chi connectivity index (χ0v) is 11.5. The fourth-order valence-corrected chi connectivity index (χ4v) is 2.98. The van der Waals surface area contributed by atoms with Gasteiger partial charge in [0.05, 0.1) is 25.3 Å². The highest BCUT2D eigenvalue weighted by molar-refractivity contribution is 5.83. The number of likely N-dealkylation sites (N-methyl/N-ethyl adjacent to an activating group) is 1. The monoisotopic (exact) mass is 259 g/mol. The molecular weight excluding hydrogens is 238 g/mol. The minimum atomic E-state index is 0.316. The van der Waals surface area contributed by atoms with Gasteiger partial charge in [0.1, 0.15) is 0 Å². The number of hydrogen-bond donors (Lipinski definition) is 2. The molecule has 1 aliphatic heterocycles. The maximum atomic E-state index is 5.62. The van der Waals surface area contributed by atoms with Crippen LogP contribution in [0.5, 0.6) is 0 Å². The molecular formula is C15H21N3O. The average Bonchev–Trinajstić information content (AvgIpc) is 2.84. The Balaban J connectivity index is 1.99. The van der Waals surface area contributed by atoms with Crippen LogP contribution in [0.1, 0.15) is 11.6 Å². The number of nitrogens with one attached hydrogen (secondary N) is 2. The molecule has 1 fully saturated rings. The number of ether oxygens (including phenoxy) is 1. The summed E-state index contributed by atoms with van der Waals surface area (Å²) in [5.74, 6) is 0. The molecule has 0 amide bonds. The first-order valence-electron chi connectivity index (χ1n) is 6.81. The summed E-state index contributed by atoms with van der Waals surface area (Å²) in [6.07, 6.45) is 2.13. The van der Waals surface area contributed by atoms with Gasteiger partial charge in [-0.15, -0.1) is 0 Å². The van der Waals surface area contributed by atoms with E-state index < -0.39 is 0 Å². The number of nitrogens with zero attached hydrogens (tertiary/aromatic N) is 1. The number of aromatic nitrogens is 1. The molecule has 0 bridgehead atoms. The summed E-state index contributed by atoms with van der Waals surface area (Å²) in [4.78, 5) is 5.63. The van der Waals surface area contributed by atoms with E-state index in [1.807, 2.05) is 0 Å². The Morgan fingerprint density at radius 2 is 2.16 bits per heavy atom. The van der Waals surface area contributed by atoms with Gasteiger partial charge < -0.3 is 19.9 Å². The van der Waals surface area contributed by atoms with E-state index in [-0.39, 0.29) is 0 Å². The number of hydrogen-bond acceptors (Lipinski definition) is 3. The molecule has 19 heavy (non-hydrogen) atoms. The number of rotatable bonds is 3. The van der Waals surface area contributed by atoms with E-state index in [1.54, 1.807) is 0 Å². The first-order chi connectivity index (χ1) is 9.27. The van der Waals surface area contributed by atoms with Crippen LogP contribution in [0, 0.1) is 0 Å². The molecule has 0 spiro atoms. The molecule has 3 rings (SSSR count). The highest BCUT2D eigenvalue weighted by atomic mass is 16.5. The largest absolute Gasteiger partial charge is 0.378 e. The number of aromatic amines is 1. The van der Waals surface area contributed by atoms with Crippen molar-refractivity contribution >= 4 is 10.9 Å². The average molecular weight is 259 g/mol. The Morgan fingerprint density at radius 1 is 1.32 bits per heavy atom. The molecule has 102 valence electrons. The van der Waals surface area contributed by atoms with Crippen molar-refractivity contribution in [3.05, 3.63) is 36.0 Å². The van der Waals surface area contributed by atoms with Gasteiger partial charge in [0.2, 0.25) is 0 Å². The lowest BCUT2D eigenvalue weighted by atomic mass is 9.97. The van der Waals surface area contributed by atoms with Gasteiger partial charge in [-0.3, -0.25) is 0 Å². The predicted octanol–water partition coefficient (Wildman–Crippen LogP) is 1.76. The first kappa shape index (κ1) is 12.7. The van der Waals surface area contributed by atoms with Crippen molar-refractivity contribution in [2.75, 3.05) is 33.9 Å². The summed E-state index contributed by atoms with van der Waals surface area (Å²) in [6.45, 7) is 2.50. The zero-order chi connectivity index (χ0) is 13.2. The van der Waals surface area contributed by atoms with Crippen LogP contribution in [0.25, 0.3) is 10.9 Å². The molecule has 2 N–H and O–H groups in total. The molecule has 1 saturated heterocycles. The van der Waals surface area contributed by atoms with Gasteiger partial charge >= 0.3 is 0 Å². The van der Waals surface area contributed by atoms with E-state index in [1.165, 1.54) is 16.5 Å². The predicted molar refractivity (Wildman–Crippen MR) is 77.3 cm³/mol. The fraction of sp³-hybridized carbons (Fsp3) is 0.467. The zero-order valence-electron chi connectivity index (χ0n) is 11.5. The van der Waals surface area contributed by atoms with Crippen LogP contribution < -0.4 is 5.32 Å². The minimum absolute atomic E-state index is 0.316. The van der Waals surface area contributed by atoms with E-state index in [4.69, 9.17) is 4.74 Å². The number of fused-ring (bicyclic) bond motifs is 1. The minimum Gasteiger partial charge on any atom is -0.378 e. The van der Waals surface area contributed by atoms with E-state index in [2.05, 4.69) is 59.8 Å². The highest BCUT2D eigenvalue weighted by Crippen LogP contribution is 2.30. The van der Waals surface area contributed by atoms with Crippen LogP contribution in [0.2, 0.25) is 0 Å². The van der Waals surface area contributed by atoms with Crippen molar-refractivity contribution in [1.82, 2.24) is 15.2 Å². The normalized spacial score (nSPS) is 21.9. The second-order valence-corrected chi connectivity index (χ2v) is 5.33. The van der Waals surface area contributed by atoms with Crippen LogP contribution in [-0.4, -0.2) is 49.8 Å². The summed E-state index contributed by atoms with van der Waals surface area (Å²) < 4.78 is 5.62. The van der Waals surface area contributed by atoms with Gasteiger partial charge in [-0.25, -0.2) is 0 Å². The molecule has 2 atom stereocenters. The third-order valence-electron chi connectivity index (χ3n) is 3.83. The highest BCUT2D eigenvalue weighted by Gasteiger charge is 2.28. The molecule has 1 aromatic carbocycles. The summed E-state index contributed by atoms with van der Waals surface area (Å²) in [5, 5.41) is 4.87. The quantitative estimate of drug-likeness (QED) is 0.882. The fourth-order valence-electron chi connectivity index (χ4n) is 2.98. The molecule has 0 aliphatic carbocycles. The van der Waals surface area contributed by atoms with Crippen LogP contribution in [-0.2, 0) is 4.74 Å². The van der Waals surface area contributed by atoms with Crippen molar-refractivity contribution in [2.45, 2.75) is 12.1 Å². The van der Waals surface area contributed by atoms with Crippen molar-refractivity contribution in [3.63, 3.8) is 0 Å². The lowest BCUT2D eigenvalue weighted by molar-refractivity contribution is 0.0462. The van der Waals surface area contributed by atoms with Crippen molar-refractivity contribution in [2.24, 2.45) is 0 Å². The van der Waals surface area contributed by atoms with Gasteiger partial charge in [-0.1, -0.05) is 18.2 Å². The lowest BCUT2D eigenvalue weighted by Gasteiger charge is -2.35. The van der Waals surface area contributed by atoms with Gasteiger partial charge in [0.25, 0.3) is 0 Å². The molecule has 1 aromatic heterocycles. The van der Waals surface area contributed by atoms with E-state index in [0.717, 1.165) is 19.8 Å². The summed E-state index contributed by atoms with van der Waals surface area (Å²) in [5.41, 5.74) is 2.53. The van der Waals surface area contributed by atoms with E-state index in [0.29, 0.717) is 12.1 Å². The van der Waals surface area contributed by atoms with Crippen molar-refractivity contribution < 1.29 is 4.74 Å². The van der Waals surface area contributed by atoms with Gasteiger partial charge in [0.15, 0.2) is 0 Å². The molecule has 0 radical (unpaired) electrons. The summed E-state index contributed by atoms with van der Waals surface area (Å²) in [6, 6.07) is 9.11. The third kappa shape index (κ3) is 2.39. The number of H-pyrrole nitrogens is 1. The Labute approximate surface area is 113 Å². The SMILES string of the molecule is CN(C)C(c1c[nH]c2ccccc12)C1COCCN1. The topological polar surface area (TPSA) is 40.3 Å². The van der Waals surface area contributed by atoms with Crippen LogP contribution in [0.3, 0.4) is 0 Å². The number of para-hydroxylation sites is 1. The number of benzene rings is 1. The Kier molecular flexibility index (Phi) is 3.55. The van der Waals surface area contributed by atoms with E-state index >= 15 is 0 Å². The van der Waals surface area contributed by atoms with Gasteiger partial charge in [-0.05, 0) is 25.7 Å². The number of morpholine rings is 1. The maximum Gasteiger partial charge on any atom is 0.0639 e. The summed E-state index contributed by atoms with van der Waals surface area (Å²) >= 11 is 0. The lowest BCUT2D eigenvalue weighted by Crippen LogP contribution is -2.48. The molecule has 2 heterocycles. The molecule has 4 nitrogen and oxygen atoms in total. The standard InChI is InChI=1S/C15H21N3O/c1-18(2)15(14-10-19-8-7-16-14)12-9-17-13-6-4-3-5-11(12)13/h3-6,9,14-17H,7-8,10H2,1-2H3. The molecule has 2 unspecified atom stereocenters. The Hall–Kier alpha value is -1.36. The Bertz CT molecular complexity index is 543.